The molecule has 0 bridgehead atoms. The van der Waals surface area contributed by atoms with Gasteiger partial charge in [0.05, 0.1) is 7.11 Å². The molecule has 0 aromatic heterocycles. The van der Waals surface area contributed by atoms with E-state index in [1.54, 1.807) is 7.11 Å². The summed E-state index contributed by atoms with van der Waals surface area (Å²) < 4.78 is 5.13. The Bertz CT molecular complexity index is 425. The van der Waals surface area contributed by atoms with E-state index in [0.717, 1.165) is 38.1 Å². The Hall–Kier alpha value is -1.55. The number of ether oxygens (including phenoxy) is 1. The average molecular weight is 276 g/mol. The molecule has 0 spiro atoms. The lowest BCUT2D eigenvalue weighted by Crippen LogP contribution is -2.44. The molecular weight excluding hydrogens is 252 g/mol. The molecule has 2 rings (SSSR count). The van der Waals surface area contributed by atoms with Gasteiger partial charge in [-0.3, -0.25) is 4.79 Å². The second-order valence-corrected chi connectivity index (χ2v) is 5.33. The highest BCUT2D eigenvalue weighted by Gasteiger charge is 2.21. The molecule has 1 fully saturated rings. The van der Waals surface area contributed by atoms with E-state index in [1.807, 2.05) is 36.2 Å². The Labute approximate surface area is 121 Å². The minimum Gasteiger partial charge on any atom is -0.497 e. The summed E-state index contributed by atoms with van der Waals surface area (Å²) in [6.07, 6.45) is 3.49. The molecule has 110 valence electrons. The zero-order valence-corrected chi connectivity index (χ0v) is 12.4. The van der Waals surface area contributed by atoms with Crippen LogP contribution in [0.15, 0.2) is 24.3 Å². The van der Waals surface area contributed by atoms with Crippen molar-refractivity contribution in [2.75, 3.05) is 27.2 Å². The summed E-state index contributed by atoms with van der Waals surface area (Å²) in [4.78, 5) is 14.2. The lowest BCUT2D eigenvalue weighted by molar-refractivity contribution is -0.132. The Morgan fingerprint density at radius 2 is 1.95 bits per heavy atom. The van der Waals surface area contributed by atoms with Gasteiger partial charge in [-0.05, 0) is 50.0 Å². The maximum atomic E-state index is 12.2. The lowest BCUT2D eigenvalue weighted by Gasteiger charge is -2.31. The summed E-state index contributed by atoms with van der Waals surface area (Å²) in [5.41, 5.74) is 1.18. The molecule has 1 aliphatic rings. The van der Waals surface area contributed by atoms with Crippen LogP contribution in [0.1, 0.15) is 24.8 Å². The van der Waals surface area contributed by atoms with Gasteiger partial charge in [0.1, 0.15) is 5.75 Å². The van der Waals surface area contributed by atoms with Crippen molar-refractivity contribution >= 4 is 5.91 Å². The number of carbonyl (C=O) groups excluding carboxylic acids is 1. The minimum absolute atomic E-state index is 0.243. The van der Waals surface area contributed by atoms with Gasteiger partial charge in [0, 0.05) is 19.5 Å². The van der Waals surface area contributed by atoms with Gasteiger partial charge >= 0.3 is 0 Å². The van der Waals surface area contributed by atoms with Crippen LogP contribution < -0.4 is 10.1 Å². The molecule has 0 atom stereocenters. The highest BCUT2D eigenvalue weighted by Crippen LogP contribution is 2.15. The number of amides is 1. The summed E-state index contributed by atoms with van der Waals surface area (Å²) >= 11 is 0. The molecule has 1 aliphatic heterocycles. The SMILES string of the molecule is COc1ccc(CCC(=O)N(C)C2CCNCC2)cc1. The van der Waals surface area contributed by atoms with Crippen LogP contribution in [-0.4, -0.2) is 44.1 Å². The molecule has 1 aromatic carbocycles. The molecule has 20 heavy (non-hydrogen) atoms. The van der Waals surface area contributed by atoms with Crippen molar-refractivity contribution in [3.8, 4) is 5.75 Å². The van der Waals surface area contributed by atoms with Gasteiger partial charge in [0.25, 0.3) is 0 Å². The number of hydrogen-bond acceptors (Lipinski definition) is 3. The molecule has 0 aliphatic carbocycles. The maximum absolute atomic E-state index is 12.2. The number of hydrogen-bond donors (Lipinski definition) is 1. The highest BCUT2D eigenvalue weighted by molar-refractivity contribution is 5.76. The van der Waals surface area contributed by atoms with Crippen molar-refractivity contribution < 1.29 is 9.53 Å². The van der Waals surface area contributed by atoms with Crippen LogP contribution in [-0.2, 0) is 11.2 Å². The molecular formula is C16H24N2O2. The third-order valence-corrected chi connectivity index (χ3v) is 4.04. The standard InChI is InChI=1S/C16H24N2O2/c1-18(14-9-11-17-12-10-14)16(19)8-5-13-3-6-15(20-2)7-4-13/h3-4,6-7,14,17H,5,8-12H2,1-2H3. The van der Waals surface area contributed by atoms with E-state index in [4.69, 9.17) is 4.74 Å². The number of nitrogens with zero attached hydrogens (tertiary/aromatic N) is 1. The van der Waals surface area contributed by atoms with E-state index in [9.17, 15) is 4.79 Å². The monoisotopic (exact) mass is 276 g/mol. The summed E-state index contributed by atoms with van der Waals surface area (Å²) in [6, 6.07) is 8.33. The minimum atomic E-state index is 0.243. The second kappa shape index (κ2) is 7.29. The molecule has 1 amide bonds. The molecule has 0 saturated carbocycles. The Morgan fingerprint density at radius 1 is 1.30 bits per heavy atom. The first kappa shape index (κ1) is 14.9. The topological polar surface area (TPSA) is 41.6 Å². The van der Waals surface area contributed by atoms with Gasteiger partial charge in [0.15, 0.2) is 0 Å². The van der Waals surface area contributed by atoms with Crippen LogP contribution >= 0.6 is 0 Å². The predicted molar refractivity (Wildman–Crippen MR) is 80.0 cm³/mol. The van der Waals surface area contributed by atoms with E-state index >= 15 is 0 Å². The first-order valence-corrected chi connectivity index (χ1v) is 7.30. The number of nitrogens with one attached hydrogen (secondary N) is 1. The molecule has 1 heterocycles. The van der Waals surface area contributed by atoms with Crippen molar-refractivity contribution in [2.24, 2.45) is 0 Å². The van der Waals surface area contributed by atoms with E-state index in [2.05, 4.69) is 5.32 Å². The zero-order valence-electron chi connectivity index (χ0n) is 12.4. The van der Waals surface area contributed by atoms with Gasteiger partial charge in [-0.1, -0.05) is 12.1 Å². The fourth-order valence-electron chi connectivity index (χ4n) is 2.62. The first-order valence-electron chi connectivity index (χ1n) is 7.30. The predicted octanol–water partition coefficient (Wildman–Crippen LogP) is 1.84. The molecule has 0 radical (unpaired) electrons. The first-order chi connectivity index (χ1) is 9.70. The number of piperidine rings is 1. The van der Waals surface area contributed by atoms with Crippen molar-refractivity contribution in [3.05, 3.63) is 29.8 Å². The Kier molecular flexibility index (Phi) is 5.41. The van der Waals surface area contributed by atoms with Gasteiger partial charge in [0.2, 0.25) is 5.91 Å². The second-order valence-electron chi connectivity index (χ2n) is 5.33. The van der Waals surface area contributed by atoms with Crippen molar-refractivity contribution in [3.63, 3.8) is 0 Å². The fourth-order valence-corrected chi connectivity index (χ4v) is 2.62. The molecule has 4 heteroatoms. The summed E-state index contributed by atoms with van der Waals surface area (Å²) in [7, 11) is 3.60. The van der Waals surface area contributed by atoms with Crippen LogP contribution in [0.2, 0.25) is 0 Å². The number of rotatable bonds is 5. The van der Waals surface area contributed by atoms with Gasteiger partial charge in [-0.2, -0.15) is 0 Å². The van der Waals surface area contributed by atoms with Crippen LogP contribution in [0, 0.1) is 0 Å². The largest absolute Gasteiger partial charge is 0.497 e. The number of methoxy groups -OCH3 is 1. The summed E-state index contributed by atoms with van der Waals surface area (Å²) in [6.45, 7) is 2.03. The zero-order chi connectivity index (χ0) is 14.4. The van der Waals surface area contributed by atoms with Crippen LogP contribution in [0.3, 0.4) is 0 Å². The fraction of sp³-hybridized carbons (Fsp3) is 0.562. The van der Waals surface area contributed by atoms with Gasteiger partial charge in [-0.15, -0.1) is 0 Å². The van der Waals surface area contributed by atoms with Crippen molar-refractivity contribution in [1.82, 2.24) is 10.2 Å². The van der Waals surface area contributed by atoms with E-state index in [0.29, 0.717) is 12.5 Å². The summed E-state index contributed by atoms with van der Waals surface area (Å²) in [5.74, 6) is 1.10. The summed E-state index contributed by atoms with van der Waals surface area (Å²) in [5, 5.41) is 3.33. The number of carbonyl (C=O) groups is 1. The lowest BCUT2D eigenvalue weighted by atomic mass is 10.0. The van der Waals surface area contributed by atoms with E-state index in [-0.39, 0.29) is 5.91 Å². The third kappa shape index (κ3) is 3.97. The van der Waals surface area contributed by atoms with Crippen LogP contribution in [0.25, 0.3) is 0 Å². The molecule has 1 saturated heterocycles. The number of aryl methyl sites for hydroxylation is 1. The van der Waals surface area contributed by atoms with Crippen LogP contribution in [0.4, 0.5) is 0 Å². The van der Waals surface area contributed by atoms with Gasteiger partial charge in [-0.25, -0.2) is 0 Å². The number of benzene rings is 1. The Morgan fingerprint density at radius 3 is 2.55 bits per heavy atom. The average Bonchev–Trinajstić information content (AvgIpc) is 2.53. The molecule has 1 aromatic rings. The van der Waals surface area contributed by atoms with E-state index < -0.39 is 0 Å². The third-order valence-electron chi connectivity index (χ3n) is 4.04. The molecule has 0 unspecified atom stereocenters. The van der Waals surface area contributed by atoms with E-state index in [1.165, 1.54) is 5.56 Å². The molecule has 1 N–H and O–H groups in total. The highest BCUT2D eigenvalue weighted by atomic mass is 16.5. The van der Waals surface area contributed by atoms with Crippen molar-refractivity contribution in [2.45, 2.75) is 31.7 Å². The van der Waals surface area contributed by atoms with Crippen LogP contribution in [0.5, 0.6) is 5.75 Å². The smallest absolute Gasteiger partial charge is 0.222 e. The van der Waals surface area contributed by atoms with Gasteiger partial charge < -0.3 is 15.0 Å². The Balaban J connectivity index is 1.81. The maximum Gasteiger partial charge on any atom is 0.222 e. The van der Waals surface area contributed by atoms with Crippen molar-refractivity contribution in [1.29, 1.82) is 0 Å². The molecule has 4 nitrogen and oxygen atoms in total. The normalized spacial score (nSPS) is 15.9. The quantitative estimate of drug-likeness (QED) is 0.892.